The van der Waals surface area contributed by atoms with Gasteiger partial charge in [0, 0.05) is 29.2 Å². The average Bonchev–Trinajstić information content (AvgIpc) is 3.22. The van der Waals surface area contributed by atoms with Crippen molar-refractivity contribution in [3.05, 3.63) is 71.7 Å². The van der Waals surface area contributed by atoms with E-state index in [1.807, 2.05) is 51.1 Å². The SMILES string of the molecule is CC(C)(C)NC(=O)[C@H]1C[C@H](c2c[nH]c3ccc(F)cc23)C(=O)N1Cc1ccccc1. The molecule has 2 heterocycles. The number of rotatable bonds is 4. The highest BCUT2D eigenvalue weighted by Crippen LogP contribution is 2.38. The first kappa shape index (κ1) is 20.1. The van der Waals surface area contributed by atoms with Crippen LogP contribution in [0.5, 0.6) is 0 Å². The Bertz CT molecular complexity index is 1080. The number of likely N-dealkylation sites (tertiary alicyclic amines) is 1. The topological polar surface area (TPSA) is 65.2 Å². The Hall–Kier alpha value is -3.15. The van der Waals surface area contributed by atoms with Gasteiger partial charge in [0.15, 0.2) is 0 Å². The monoisotopic (exact) mass is 407 g/mol. The highest BCUT2D eigenvalue weighted by atomic mass is 19.1. The first-order chi connectivity index (χ1) is 14.2. The Labute approximate surface area is 175 Å². The van der Waals surface area contributed by atoms with Gasteiger partial charge in [0.05, 0.1) is 5.92 Å². The van der Waals surface area contributed by atoms with Crippen molar-refractivity contribution in [2.45, 2.75) is 51.2 Å². The molecular formula is C24H26FN3O2. The molecule has 1 aliphatic rings. The van der Waals surface area contributed by atoms with E-state index in [0.717, 1.165) is 16.6 Å². The summed E-state index contributed by atoms with van der Waals surface area (Å²) in [4.78, 5) is 31.3. The third-order valence-corrected chi connectivity index (χ3v) is 5.46. The van der Waals surface area contributed by atoms with E-state index < -0.39 is 17.5 Å². The minimum atomic E-state index is -0.583. The van der Waals surface area contributed by atoms with E-state index in [0.29, 0.717) is 18.4 Å². The largest absolute Gasteiger partial charge is 0.361 e. The van der Waals surface area contributed by atoms with E-state index >= 15 is 0 Å². The van der Waals surface area contributed by atoms with Gasteiger partial charge >= 0.3 is 0 Å². The number of hydrogen-bond donors (Lipinski definition) is 2. The van der Waals surface area contributed by atoms with Crippen molar-refractivity contribution < 1.29 is 14.0 Å². The highest BCUT2D eigenvalue weighted by Gasteiger charge is 2.45. The molecule has 1 aliphatic heterocycles. The number of aromatic amines is 1. The lowest BCUT2D eigenvalue weighted by Crippen LogP contribution is -2.50. The molecule has 156 valence electrons. The van der Waals surface area contributed by atoms with Crippen molar-refractivity contribution in [3.63, 3.8) is 0 Å². The van der Waals surface area contributed by atoms with E-state index in [1.165, 1.54) is 12.1 Å². The van der Waals surface area contributed by atoms with Gasteiger partial charge in [-0.2, -0.15) is 0 Å². The number of H-pyrrole nitrogens is 1. The molecular weight excluding hydrogens is 381 g/mol. The second-order valence-corrected chi connectivity index (χ2v) is 8.93. The van der Waals surface area contributed by atoms with Crippen LogP contribution >= 0.6 is 0 Å². The number of nitrogens with zero attached hydrogens (tertiary/aromatic N) is 1. The molecule has 5 nitrogen and oxygen atoms in total. The van der Waals surface area contributed by atoms with Crippen LogP contribution < -0.4 is 5.32 Å². The predicted molar refractivity (Wildman–Crippen MR) is 114 cm³/mol. The maximum absolute atomic E-state index is 13.9. The first-order valence-electron chi connectivity index (χ1n) is 10.2. The van der Waals surface area contributed by atoms with Gasteiger partial charge in [0.1, 0.15) is 11.9 Å². The summed E-state index contributed by atoms with van der Waals surface area (Å²) in [6.07, 6.45) is 2.12. The number of amides is 2. The molecule has 1 aromatic heterocycles. The van der Waals surface area contributed by atoms with E-state index in [1.54, 1.807) is 17.2 Å². The van der Waals surface area contributed by atoms with E-state index in [9.17, 15) is 14.0 Å². The summed E-state index contributed by atoms with van der Waals surface area (Å²) >= 11 is 0. The Balaban J connectivity index is 1.70. The lowest BCUT2D eigenvalue weighted by Gasteiger charge is -2.28. The number of fused-ring (bicyclic) bond motifs is 1. The van der Waals surface area contributed by atoms with Gasteiger partial charge in [-0.3, -0.25) is 9.59 Å². The number of benzene rings is 2. The number of carbonyl (C=O) groups excluding carboxylic acids is 2. The van der Waals surface area contributed by atoms with E-state index in [4.69, 9.17) is 0 Å². The second kappa shape index (κ2) is 7.59. The molecule has 2 aromatic carbocycles. The summed E-state index contributed by atoms with van der Waals surface area (Å²) in [7, 11) is 0. The highest BCUT2D eigenvalue weighted by molar-refractivity contribution is 5.98. The van der Waals surface area contributed by atoms with Crippen LogP contribution in [0, 0.1) is 5.82 Å². The summed E-state index contributed by atoms with van der Waals surface area (Å²) in [6, 6.07) is 13.6. The fourth-order valence-electron chi connectivity index (χ4n) is 4.14. The Kier molecular flexibility index (Phi) is 5.10. The van der Waals surface area contributed by atoms with Crippen LogP contribution in [0.15, 0.2) is 54.7 Å². The van der Waals surface area contributed by atoms with Gasteiger partial charge in [-0.05, 0) is 56.5 Å². The molecule has 6 heteroatoms. The molecule has 0 spiro atoms. The smallest absolute Gasteiger partial charge is 0.243 e. The molecule has 4 rings (SSSR count). The van der Waals surface area contributed by atoms with Crippen molar-refractivity contribution in [3.8, 4) is 0 Å². The minimum Gasteiger partial charge on any atom is -0.361 e. The second-order valence-electron chi connectivity index (χ2n) is 8.93. The van der Waals surface area contributed by atoms with Crippen molar-refractivity contribution in [2.24, 2.45) is 0 Å². The van der Waals surface area contributed by atoms with Gasteiger partial charge in [-0.25, -0.2) is 4.39 Å². The normalized spacial score (nSPS) is 19.5. The van der Waals surface area contributed by atoms with Crippen molar-refractivity contribution >= 4 is 22.7 Å². The molecule has 0 saturated carbocycles. The first-order valence-corrected chi connectivity index (χ1v) is 10.2. The standard InChI is InChI=1S/C24H26FN3O2/c1-24(2,3)27-22(29)21-12-18(19-13-26-20-10-9-16(25)11-17(19)20)23(30)28(21)14-15-7-5-4-6-8-15/h4-11,13,18,21,26H,12,14H2,1-3H3,(H,27,29)/t18-,21-/m1/s1. The molecule has 0 bridgehead atoms. The molecule has 1 fully saturated rings. The number of halogens is 1. The molecule has 0 radical (unpaired) electrons. The Morgan fingerprint density at radius 3 is 2.63 bits per heavy atom. The summed E-state index contributed by atoms with van der Waals surface area (Å²) in [6.45, 7) is 6.12. The van der Waals surface area contributed by atoms with E-state index in [-0.39, 0.29) is 17.6 Å². The number of aromatic nitrogens is 1. The lowest BCUT2D eigenvalue weighted by atomic mass is 9.94. The lowest BCUT2D eigenvalue weighted by molar-refractivity contribution is -0.137. The molecule has 0 aliphatic carbocycles. The predicted octanol–water partition coefficient (Wildman–Crippen LogP) is 4.11. The molecule has 1 saturated heterocycles. The zero-order chi connectivity index (χ0) is 21.5. The summed E-state index contributed by atoms with van der Waals surface area (Å²) in [5, 5.41) is 3.69. The van der Waals surface area contributed by atoms with Crippen LogP contribution in [0.25, 0.3) is 10.9 Å². The number of carbonyl (C=O) groups is 2. The minimum absolute atomic E-state index is 0.113. The Morgan fingerprint density at radius 1 is 1.20 bits per heavy atom. The molecule has 2 N–H and O–H groups in total. The molecule has 2 atom stereocenters. The fourth-order valence-corrected chi connectivity index (χ4v) is 4.14. The molecule has 3 aromatic rings. The molecule has 2 amide bonds. The van der Waals surface area contributed by atoms with Gasteiger partial charge < -0.3 is 15.2 Å². The van der Waals surface area contributed by atoms with Crippen LogP contribution in [0.2, 0.25) is 0 Å². The van der Waals surface area contributed by atoms with Crippen LogP contribution in [-0.4, -0.2) is 33.3 Å². The molecule has 30 heavy (non-hydrogen) atoms. The van der Waals surface area contributed by atoms with Crippen LogP contribution in [0.4, 0.5) is 4.39 Å². The summed E-state index contributed by atoms with van der Waals surface area (Å²) in [5.41, 5.74) is 2.07. The number of hydrogen-bond acceptors (Lipinski definition) is 2. The average molecular weight is 407 g/mol. The fraction of sp³-hybridized carbons (Fsp3) is 0.333. The van der Waals surface area contributed by atoms with Crippen molar-refractivity contribution in [1.82, 2.24) is 15.2 Å². The van der Waals surface area contributed by atoms with Crippen LogP contribution in [0.3, 0.4) is 0 Å². The summed E-state index contributed by atoms with van der Waals surface area (Å²) < 4.78 is 13.9. The van der Waals surface area contributed by atoms with Crippen LogP contribution in [0.1, 0.15) is 44.2 Å². The van der Waals surface area contributed by atoms with Gasteiger partial charge in [-0.1, -0.05) is 30.3 Å². The van der Waals surface area contributed by atoms with E-state index in [2.05, 4.69) is 10.3 Å². The van der Waals surface area contributed by atoms with Gasteiger partial charge in [0.2, 0.25) is 11.8 Å². The summed E-state index contributed by atoms with van der Waals surface area (Å²) in [5.74, 6) is -1.13. The van der Waals surface area contributed by atoms with Gasteiger partial charge in [0.25, 0.3) is 0 Å². The maximum atomic E-state index is 13.9. The third kappa shape index (κ3) is 3.95. The Morgan fingerprint density at radius 2 is 1.93 bits per heavy atom. The zero-order valence-electron chi connectivity index (χ0n) is 17.4. The zero-order valence-corrected chi connectivity index (χ0v) is 17.4. The van der Waals surface area contributed by atoms with Crippen molar-refractivity contribution in [1.29, 1.82) is 0 Å². The molecule has 0 unspecified atom stereocenters. The number of nitrogens with one attached hydrogen (secondary N) is 2. The van der Waals surface area contributed by atoms with Crippen LogP contribution in [-0.2, 0) is 16.1 Å². The van der Waals surface area contributed by atoms with Gasteiger partial charge in [-0.15, -0.1) is 0 Å². The quantitative estimate of drug-likeness (QED) is 0.684. The third-order valence-electron chi connectivity index (χ3n) is 5.46. The maximum Gasteiger partial charge on any atom is 0.243 e. The van der Waals surface area contributed by atoms with Crippen molar-refractivity contribution in [2.75, 3.05) is 0 Å².